The molecular weight excluding hydrogens is 324 g/mol. The van der Waals surface area contributed by atoms with Crippen molar-refractivity contribution in [2.45, 2.75) is 13.0 Å². The van der Waals surface area contributed by atoms with Crippen LogP contribution < -0.4 is 20.1 Å². The Kier molecular flexibility index (Phi) is 5.90. The lowest BCUT2D eigenvalue weighted by Gasteiger charge is -2.33. The third kappa shape index (κ3) is 4.04. The van der Waals surface area contributed by atoms with E-state index in [9.17, 15) is 9.59 Å². The Labute approximate surface area is 146 Å². The molecule has 2 amide bonds. The van der Waals surface area contributed by atoms with Crippen LogP contribution in [0.5, 0.6) is 11.5 Å². The van der Waals surface area contributed by atoms with E-state index in [0.717, 1.165) is 0 Å². The second kappa shape index (κ2) is 8.11. The number of urea groups is 1. The lowest BCUT2D eigenvalue weighted by Crippen LogP contribution is -2.51. The predicted octanol–water partition coefficient (Wildman–Crippen LogP) is 1.75. The van der Waals surface area contributed by atoms with Crippen molar-refractivity contribution in [3.05, 3.63) is 36.0 Å². The fourth-order valence-electron chi connectivity index (χ4n) is 2.59. The number of benzene rings is 1. The molecule has 2 N–H and O–H groups in total. The highest BCUT2D eigenvalue weighted by atomic mass is 16.5. The van der Waals surface area contributed by atoms with Crippen LogP contribution in [0.3, 0.4) is 0 Å². The van der Waals surface area contributed by atoms with Gasteiger partial charge in [0, 0.05) is 5.70 Å². The van der Waals surface area contributed by atoms with Crippen LogP contribution in [-0.2, 0) is 9.53 Å². The molecule has 2 rings (SSSR count). The van der Waals surface area contributed by atoms with Crippen LogP contribution in [0.1, 0.15) is 18.5 Å². The average molecular weight is 344 g/mol. The van der Waals surface area contributed by atoms with Gasteiger partial charge in [0.05, 0.1) is 19.8 Å². The summed E-state index contributed by atoms with van der Waals surface area (Å²) in [5.41, 5.74) is 0.929. The molecule has 0 aliphatic carbocycles. The number of methoxy groups -OCH3 is 1. The summed E-state index contributed by atoms with van der Waals surface area (Å²) in [6, 6.07) is 3.99. The highest BCUT2D eigenvalue weighted by molar-refractivity contribution is 5.85. The third-order valence-electron chi connectivity index (χ3n) is 3.67. The van der Waals surface area contributed by atoms with E-state index >= 15 is 0 Å². The highest BCUT2D eigenvalue weighted by Gasteiger charge is 2.39. The van der Waals surface area contributed by atoms with Crippen LogP contribution >= 0.6 is 0 Å². The number of terminal acetylenes is 1. The molecular formula is C18H20N2O5. The van der Waals surface area contributed by atoms with Crippen molar-refractivity contribution >= 4 is 12.0 Å². The second-order valence-electron chi connectivity index (χ2n) is 5.23. The molecule has 1 fully saturated rings. The zero-order valence-corrected chi connectivity index (χ0v) is 14.1. The molecule has 0 unspecified atom stereocenters. The smallest absolute Gasteiger partial charge is 0.319 e. The molecule has 1 saturated heterocycles. The van der Waals surface area contributed by atoms with Crippen molar-refractivity contribution in [1.82, 2.24) is 10.6 Å². The first-order valence-corrected chi connectivity index (χ1v) is 7.69. The quantitative estimate of drug-likeness (QED) is 0.607. The number of hydrogen-bond donors (Lipinski definition) is 2. The van der Waals surface area contributed by atoms with Gasteiger partial charge in [-0.15, -0.1) is 6.42 Å². The maximum absolute atomic E-state index is 12.3. The van der Waals surface area contributed by atoms with Crippen molar-refractivity contribution in [2.24, 2.45) is 5.92 Å². The van der Waals surface area contributed by atoms with Gasteiger partial charge in [0.25, 0.3) is 0 Å². The fourth-order valence-corrected chi connectivity index (χ4v) is 2.59. The van der Waals surface area contributed by atoms with Crippen molar-refractivity contribution in [3.8, 4) is 23.8 Å². The molecule has 0 radical (unpaired) electrons. The van der Waals surface area contributed by atoms with Gasteiger partial charge in [-0.25, -0.2) is 4.79 Å². The van der Waals surface area contributed by atoms with E-state index in [1.54, 1.807) is 25.1 Å². The van der Waals surface area contributed by atoms with Gasteiger partial charge in [0.1, 0.15) is 12.5 Å². The van der Waals surface area contributed by atoms with Crippen molar-refractivity contribution in [2.75, 3.05) is 20.3 Å². The largest absolute Gasteiger partial charge is 0.493 e. The molecule has 2 atom stereocenters. The number of hydrogen-bond acceptors (Lipinski definition) is 5. The summed E-state index contributed by atoms with van der Waals surface area (Å²) >= 11 is 0. The number of carbonyl (C=O) groups is 2. The minimum atomic E-state index is -0.764. The maximum Gasteiger partial charge on any atom is 0.319 e. The summed E-state index contributed by atoms with van der Waals surface area (Å²) in [7, 11) is 1.49. The fraction of sp³-hybridized carbons (Fsp3) is 0.333. The van der Waals surface area contributed by atoms with Crippen LogP contribution in [0.25, 0.3) is 0 Å². The summed E-state index contributed by atoms with van der Waals surface area (Å²) in [6.07, 6.45) is 5.19. The Morgan fingerprint density at radius 1 is 1.40 bits per heavy atom. The van der Waals surface area contributed by atoms with Crippen LogP contribution in [0.4, 0.5) is 4.79 Å². The van der Waals surface area contributed by atoms with Crippen LogP contribution in [0, 0.1) is 18.3 Å². The summed E-state index contributed by atoms with van der Waals surface area (Å²) < 4.78 is 15.8. The number of carbonyl (C=O) groups excluding carboxylic acids is 2. The molecule has 1 aromatic carbocycles. The lowest BCUT2D eigenvalue weighted by atomic mass is 9.89. The number of esters is 1. The van der Waals surface area contributed by atoms with Gasteiger partial charge < -0.3 is 24.8 Å². The first-order chi connectivity index (χ1) is 12.0. The zero-order valence-electron chi connectivity index (χ0n) is 14.1. The van der Waals surface area contributed by atoms with E-state index in [1.165, 1.54) is 7.11 Å². The predicted molar refractivity (Wildman–Crippen MR) is 91.0 cm³/mol. The van der Waals surface area contributed by atoms with Gasteiger partial charge in [0.15, 0.2) is 11.5 Å². The number of amides is 2. The lowest BCUT2D eigenvalue weighted by molar-refractivity contribution is -0.147. The zero-order chi connectivity index (χ0) is 18.4. The topological polar surface area (TPSA) is 85.9 Å². The minimum absolute atomic E-state index is 0.0993. The molecule has 1 aromatic rings. The molecule has 0 bridgehead atoms. The van der Waals surface area contributed by atoms with Crippen molar-refractivity contribution < 1.29 is 23.8 Å². The second-order valence-corrected chi connectivity index (χ2v) is 5.23. The Hall–Kier alpha value is -3.14. The number of ether oxygens (including phenoxy) is 3. The number of nitrogens with one attached hydrogen (secondary N) is 2. The first kappa shape index (κ1) is 18.2. The van der Waals surface area contributed by atoms with E-state index in [4.69, 9.17) is 20.6 Å². The highest BCUT2D eigenvalue weighted by Crippen LogP contribution is 2.35. The van der Waals surface area contributed by atoms with Gasteiger partial charge in [-0.05, 0) is 24.6 Å². The molecule has 0 spiro atoms. The van der Waals surface area contributed by atoms with E-state index in [2.05, 4.69) is 23.1 Å². The first-order valence-electron chi connectivity index (χ1n) is 7.69. The Balaban J connectivity index is 2.38. The minimum Gasteiger partial charge on any atom is -0.493 e. The SMILES string of the molecule is C#CCOc1ccc([C@@H]2NC(=O)NC(=C)[C@H]2C(=O)OCC)cc1OC. The van der Waals surface area contributed by atoms with Crippen LogP contribution in [0.15, 0.2) is 30.5 Å². The van der Waals surface area contributed by atoms with Gasteiger partial charge in [-0.1, -0.05) is 18.6 Å². The monoisotopic (exact) mass is 344 g/mol. The van der Waals surface area contributed by atoms with E-state index in [1.807, 2.05) is 0 Å². The van der Waals surface area contributed by atoms with Crippen LogP contribution in [0.2, 0.25) is 0 Å². The third-order valence-corrected chi connectivity index (χ3v) is 3.67. The number of rotatable bonds is 6. The molecule has 7 heteroatoms. The van der Waals surface area contributed by atoms with Crippen molar-refractivity contribution in [1.29, 1.82) is 0 Å². The Bertz CT molecular complexity index is 723. The van der Waals surface area contributed by atoms with Gasteiger partial charge in [0.2, 0.25) is 0 Å². The molecule has 7 nitrogen and oxygen atoms in total. The van der Waals surface area contributed by atoms with E-state index < -0.39 is 24.0 Å². The maximum atomic E-state index is 12.3. The molecule has 25 heavy (non-hydrogen) atoms. The normalized spacial score (nSPS) is 19.2. The average Bonchev–Trinajstić information content (AvgIpc) is 2.59. The molecule has 1 heterocycles. The van der Waals surface area contributed by atoms with Crippen molar-refractivity contribution in [3.63, 3.8) is 0 Å². The van der Waals surface area contributed by atoms with Gasteiger partial charge in [-0.3, -0.25) is 4.79 Å². The Morgan fingerprint density at radius 3 is 2.80 bits per heavy atom. The molecule has 1 aliphatic heterocycles. The standard InChI is InChI=1S/C18H20N2O5/c1-5-9-25-13-8-7-12(10-14(13)23-4)16-15(17(21)24-6-2)11(3)19-18(22)20-16/h1,7-8,10,15-16H,3,6,9H2,2,4H3,(H2,19,20,22)/t15-,16+/m1/s1. The van der Waals surface area contributed by atoms with Gasteiger partial charge >= 0.3 is 12.0 Å². The summed E-state index contributed by atoms with van der Waals surface area (Å²) in [5, 5.41) is 5.24. The Morgan fingerprint density at radius 2 is 2.16 bits per heavy atom. The summed E-state index contributed by atoms with van der Waals surface area (Å²) in [5.74, 6) is 2.05. The van der Waals surface area contributed by atoms with Crippen LogP contribution in [-0.4, -0.2) is 32.3 Å². The molecule has 132 valence electrons. The molecule has 0 saturated carbocycles. The molecule has 1 aliphatic rings. The van der Waals surface area contributed by atoms with E-state index in [-0.39, 0.29) is 18.9 Å². The molecule has 0 aromatic heterocycles. The summed E-state index contributed by atoms with van der Waals surface area (Å²) in [4.78, 5) is 24.1. The van der Waals surface area contributed by atoms with Gasteiger partial charge in [-0.2, -0.15) is 0 Å². The summed E-state index contributed by atoms with van der Waals surface area (Å²) in [6.45, 7) is 5.82. The van der Waals surface area contributed by atoms with E-state index in [0.29, 0.717) is 17.1 Å².